The number of aryl methyl sites for hydroxylation is 2. The Bertz CT molecular complexity index is 539. The molecule has 2 nitrogen and oxygen atoms in total. The van der Waals surface area contributed by atoms with E-state index < -0.39 is 0 Å². The van der Waals surface area contributed by atoms with Gasteiger partial charge in [0, 0.05) is 9.90 Å². The largest absolute Gasteiger partial charge is 0.319 e. The molecule has 4 heteroatoms. The lowest BCUT2D eigenvalue weighted by molar-refractivity contribution is 0.462. The Morgan fingerprint density at radius 2 is 2.25 bits per heavy atom. The predicted molar refractivity (Wildman–Crippen MR) is 87.7 cm³/mol. The minimum atomic E-state index is 0.625. The Morgan fingerprint density at radius 3 is 2.90 bits per heavy atom. The van der Waals surface area contributed by atoms with Crippen LogP contribution in [0, 0.1) is 12.8 Å². The highest BCUT2D eigenvalue weighted by Crippen LogP contribution is 2.20. The van der Waals surface area contributed by atoms with E-state index in [-0.39, 0.29) is 0 Å². The molecule has 1 unspecified atom stereocenters. The van der Waals surface area contributed by atoms with Gasteiger partial charge in [0.2, 0.25) is 0 Å². The zero-order chi connectivity index (χ0) is 14.4. The molecule has 0 saturated heterocycles. The Kier molecular flexibility index (Phi) is 6.02. The summed E-state index contributed by atoms with van der Waals surface area (Å²) in [4.78, 5) is 5.74. The summed E-state index contributed by atoms with van der Waals surface area (Å²) < 4.78 is 0. The third-order valence-electron chi connectivity index (χ3n) is 3.53. The van der Waals surface area contributed by atoms with E-state index in [1.165, 1.54) is 22.6 Å². The molecule has 0 spiro atoms. The van der Waals surface area contributed by atoms with Gasteiger partial charge in [-0.3, -0.25) is 0 Å². The zero-order valence-corrected chi connectivity index (χ0v) is 13.6. The van der Waals surface area contributed by atoms with Crippen molar-refractivity contribution in [3.8, 4) is 0 Å². The Labute approximate surface area is 130 Å². The molecule has 1 aromatic carbocycles. The SMILES string of the molecule is CNCC(CCc1scnc1C)Cc1cccc(Cl)c1. The van der Waals surface area contributed by atoms with Gasteiger partial charge in [-0.1, -0.05) is 23.7 Å². The van der Waals surface area contributed by atoms with Gasteiger partial charge in [-0.15, -0.1) is 11.3 Å². The minimum Gasteiger partial charge on any atom is -0.319 e. The fraction of sp³-hybridized carbons (Fsp3) is 0.438. The van der Waals surface area contributed by atoms with E-state index in [0.717, 1.165) is 24.4 Å². The lowest BCUT2D eigenvalue weighted by atomic mass is 9.94. The second kappa shape index (κ2) is 7.77. The Balaban J connectivity index is 1.95. The monoisotopic (exact) mass is 308 g/mol. The molecule has 1 aromatic heterocycles. The number of benzene rings is 1. The van der Waals surface area contributed by atoms with Crippen LogP contribution in [0.15, 0.2) is 29.8 Å². The van der Waals surface area contributed by atoms with Crippen LogP contribution in [0.4, 0.5) is 0 Å². The summed E-state index contributed by atoms with van der Waals surface area (Å²) in [6.45, 7) is 3.13. The number of thiazole rings is 1. The van der Waals surface area contributed by atoms with Gasteiger partial charge >= 0.3 is 0 Å². The average Bonchev–Trinajstić information content (AvgIpc) is 2.82. The van der Waals surface area contributed by atoms with Crippen molar-refractivity contribution >= 4 is 22.9 Å². The van der Waals surface area contributed by atoms with Crippen molar-refractivity contribution in [1.29, 1.82) is 0 Å². The molecule has 0 fully saturated rings. The third kappa shape index (κ3) is 4.58. The number of halogens is 1. The third-order valence-corrected chi connectivity index (χ3v) is 4.76. The molecule has 108 valence electrons. The molecule has 0 aliphatic heterocycles. The van der Waals surface area contributed by atoms with Crippen LogP contribution in [0.2, 0.25) is 5.02 Å². The molecule has 2 aromatic rings. The summed E-state index contributed by atoms with van der Waals surface area (Å²) in [6, 6.07) is 8.19. The van der Waals surface area contributed by atoms with Crippen LogP contribution in [-0.2, 0) is 12.8 Å². The summed E-state index contributed by atoms with van der Waals surface area (Å²) in [5.74, 6) is 0.625. The zero-order valence-electron chi connectivity index (χ0n) is 12.0. The fourth-order valence-corrected chi connectivity index (χ4v) is 3.47. The minimum absolute atomic E-state index is 0.625. The number of aromatic nitrogens is 1. The second-order valence-electron chi connectivity index (χ2n) is 5.16. The van der Waals surface area contributed by atoms with Crippen LogP contribution < -0.4 is 5.32 Å². The number of nitrogens with zero attached hydrogens (tertiary/aromatic N) is 1. The molecule has 0 aliphatic rings. The first-order valence-corrected chi connectivity index (χ1v) is 8.23. The van der Waals surface area contributed by atoms with Gasteiger partial charge in [-0.25, -0.2) is 4.98 Å². The van der Waals surface area contributed by atoms with Crippen LogP contribution in [0.25, 0.3) is 0 Å². The molecular weight excluding hydrogens is 288 g/mol. The molecule has 0 radical (unpaired) electrons. The summed E-state index contributed by atoms with van der Waals surface area (Å²) >= 11 is 7.83. The van der Waals surface area contributed by atoms with Crippen molar-refractivity contribution in [1.82, 2.24) is 10.3 Å². The fourth-order valence-electron chi connectivity index (χ4n) is 2.46. The van der Waals surface area contributed by atoms with Crippen LogP contribution in [0.1, 0.15) is 22.6 Å². The van der Waals surface area contributed by atoms with Crippen molar-refractivity contribution in [2.75, 3.05) is 13.6 Å². The van der Waals surface area contributed by atoms with Crippen LogP contribution in [0.3, 0.4) is 0 Å². The number of rotatable bonds is 7. The van der Waals surface area contributed by atoms with Gasteiger partial charge in [-0.2, -0.15) is 0 Å². The van der Waals surface area contributed by atoms with Gasteiger partial charge in [-0.05, 0) is 63.4 Å². The van der Waals surface area contributed by atoms with Crippen molar-refractivity contribution in [2.24, 2.45) is 5.92 Å². The highest BCUT2D eigenvalue weighted by Gasteiger charge is 2.11. The van der Waals surface area contributed by atoms with Crippen molar-refractivity contribution < 1.29 is 0 Å². The number of nitrogens with one attached hydrogen (secondary N) is 1. The highest BCUT2D eigenvalue weighted by atomic mass is 35.5. The molecule has 0 bridgehead atoms. The van der Waals surface area contributed by atoms with Crippen LogP contribution in [0.5, 0.6) is 0 Å². The van der Waals surface area contributed by atoms with E-state index in [1.54, 1.807) is 11.3 Å². The summed E-state index contributed by atoms with van der Waals surface area (Å²) in [5.41, 5.74) is 4.44. The van der Waals surface area contributed by atoms with Gasteiger partial charge in [0.1, 0.15) is 0 Å². The molecule has 1 N–H and O–H groups in total. The Morgan fingerprint density at radius 1 is 1.40 bits per heavy atom. The average molecular weight is 309 g/mol. The highest BCUT2D eigenvalue weighted by molar-refractivity contribution is 7.09. The second-order valence-corrected chi connectivity index (χ2v) is 6.53. The standard InChI is InChI=1S/C16H21ClN2S/c1-12-16(20-11-19-12)7-6-14(10-18-2)8-13-4-3-5-15(17)9-13/h3-5,9,11,14,18H,6-8,10H2,1-2H3. The van der Waals surface area contributed by atoms with Gasteiger partial charge in [0.15, 0.2) is 0 Å². The topological polar surface area (TPSA) is 24.9 Å². The maximum atomic E-state index is 6.06. The first-order valence-electron chi connectivity index (χ1n) is 6.97. The molecule has 1 atom stereocenters. The summed E-state index contributed by atoms with van der Waals surface area (Å²) in [6.07, 6.45) is 3.36. The van der Waals surface area contributed by atoms with Gasteiger partial charge in [0.25, 0.3) is 0 Å². The number of hydrogen-bond acceptors (Lipinski definition) is 3. The lowest BCUT2D eigenvalue weighted by Crippen LogP contribution is -2.21. The molecule has 0 aliphatic carbocycles. The maximum Gasteiger partial charge on any atom is 0.0797 e. The van der Waals surface area contributed by atoms with E-state index >= 15 is 0 Å². The maximum absolute atomic E-state index is 6.06. The van der Waals surface area contributed by atoms with Crippen molar-refractivity contribution in [3.63, 3.8) is 0 Å². The predicted octanol–water partition coefficient (Wildman–Crippen LogP) is 4.12. The van der Waals surface area contributed by atoms with Crippen LogP contribution in [-0.4, -0.2) is 18.6 Å². The first-order chi connectivity index (χ1) is 9.69. The van der Waals surface area contributed by atoms with Crippen molar-refractivity contribution in [2.45, 2.75) is 26.2 Å². The molecule has 20 heavy (non-hydrogen) atoms. The quantitative estimate of drug-likeness (QED) is 0.832. The molecule has 2 rings (SSSR count). The van der Waals surface area contributed by atoms with Crippen molar-refractivity contribution in [3.05, 3.63) is 50.9 Å². The number of hydrogen-bond donors (Lipinski definition) is 1. The van der Waals surface area contributed by atoms with E-state index in [2.05, 4.69) is 29.4 Å². The smallest absolute Gasteiger partial charge is 0.0797 e. The summed E-state index contributed by atoms with van der Waals surface area (Å²) in [7, 11) is 2.02. The molecule has 1 heterocycles. The Hall–Kier alpha value is -0.900. The van der Waals surface area contributed by atoms with Crippen LogP contribution >= 0.6 is 22.9 Å². The normalized spacial score (nSPS) is 12.6. The molecular formula is C16H21ClN2S. The van der Waals surface area contributed by atoms with E-state index in [0.29, 0.717) is 5.92 Å². The van der Waals surface area contributed by atoms with Gasteiger partial charge in [0.05, 0.1) is 11.2 Å². The first kappa shape index (κ1) is 15.5. The molecule has 0 amide bonds. The van der Waals surface area contributed by atoms with E-state index in [4.69, 9.17) is 11.6 Å². The molecule has 0 saturated carbocycles. The summed E-state index contributed by atoms with van der Waals surface area (Å²) in [5, 5.41) is 4.13. The van der Waals surface area contributed by atoms with E-state index in [9.17, 15) is 0 Å². The van der Waals surface area contributed by atoms with Gasteiger partial charge < -0.3 is 5.32 Å². The lowest BCUT2D eigenvalue weighted by Gasteiger charge is -2.16. The van der Waals surface area contributed by atoms with E-state index in [1.807, 2.05) is 24.7 Å².